The number of fused-ring (bicyclic) bond motifs is 1. The summed E-state index contributed by atoms with van der Waals surface area (Å²) in [7, 11) is 4.72. The predicted octanol–water partition coefficient (Wildman–Crippen LogP) is 4.02. The van der Waals surface area contributed by atoms with Crippen molar-refractivity contribution in [3.8, 4) is 29.2 Å². The number of benzene rings is 2. The monoisotopic (exact) mass is 590 g/mol. The molecule has 0 saturated carbocycles. The number of likely N-dealkylation sites (N-methyl/N-ethyl adjacent to an activating group) is 1. The molecule has 226 valence electrons. The van der Waals surface area contributed by atoms with Gasteiger partial charge in [0.2, 0.25) is 5.88 Å². The number of amides is 3. The van der Waals surface area contributed by atoms with Crippen LogP contribution in [0.3, 0.4) is 0 Å². The van der Waals surface area contributed by atoms with Crippen LogP contribution in [0, 0.1) is 23.6 Å². The van der Waals surface area contributed by atoms with Gasteiger partial charge in [0.25, 0.3) is 5.91 Å². The SMILES string of the molecule is COc1ccc(C#Cc2cnc3c(c2)C(=O)N([C@H](C)CO)C[C@H](C)[C@H](CN(C)C(=O)Nc2ccc(F)cc2)O3)cc1OC. The average Bonchev–Trinajstić information content (AvgIpc) is 3.02. The molecular formula is C32H35FN4O6. The molecule has 10 nitrogen and oxygen atoms in total. The van der Waals surface area contributed by atoms with Crippen LogP contribution in [0.25, 0.3) is 0 Å². The van der Waals surface area contributed by atoms with Gasteiger partial charge in [-0.05, 0) is 55.5 Å². The Labute approximate surface area is 250 Å². The van der Waals surface area contributed by atoms with E-state index in [2.05, 4.69) is 22.1 Å². The number of carbonyl (C=O) groups is 2. The number of methoxy groups -OCH3 is 2. The minimum absolute atomic E-state index is 0.112. The summed E-state index contributed by atoms with van der Waals surface area (Å²) in [6.45, 7) is 3.89. The van der Waals surface area contributed by atoms with Crippen molar-refractivity contribution >= 4 is 17.6 Å². The molecule has 0 fully saturated rings. The Bertz CT molecular complexity index is 1520. The maximum atomic E-state index is 13.7. The van der Waals surface area contributed by atoms with E-state index in [0.717, 1.165) is 0 Å². The van der Waals surface area contributed by atoms with E-state index in [1.54, 1.807) is 57.4 Å². The summed E-state index contributed by atoms with van der Waals surface area (Å²) in [6, 6.07) is 11.5. The third-order valence-electron chi connectivity index (χ3n) is 7.15. The summed E-state index contributed by atoms with van der Waals surface area (Å²) in [4.78, 5) is 34.1. The van der Waals surface area contributed by atoms with Crippen molar-refractivity contribution in [3.05, 3.63) is 77.2 Å². The van der Waals surface area contributed by atoms with Gasteiger partial charge in [-0.3, -0.25) is 4.79 Å². The first kappa shape index (κ1) is 31.1. The predicted molar refractivity (Wildman–Crippen MR) is 159 cm³/mol. The number of pyridine rings is 1. The van der Waals surface area contributed by atoms with E-state index in [0.29, 0.717) is 28.3 Å². The van der Waals surface area contributed by atoms with E-state index in [-0.39, 0.29) is 43.0 Å². The Hall–Kier alpha value is -4.82. The van der Waals surface area contributed by atoms with E-state index in [1.165, 1.54) is 35.4 Å². The maximum absolute atomic E-state index is 13.7. The van der Waals surface area contributed by atoms with Gasteiger partial charge in [0.15, 0.2) is 11.5 Å². The van der Waals surface area contributed by atoms with Gasteiger partial charge in [-0.2, -0.15) is 0 Å². The number of nitrogens with one attached hydrogen (secondary N) is 1. The van der Waals surface area contributed by atoms with Crippen molar-refractivity contribution in [1.29, 1.82) is 0 Å². The summed E-state index contributed by atoms with van der Waals surface area (Å²) in [5.74, 6) is 6.36. The Balaban J connectivity index is 1.61. The molecule has 0 spiro atoms. The van der Waals surface area contributed by atoms with Gasteiger partial charge in [-0.15, -0.1) is 0 Å². The summed E-state index contributed by atoms with van der Waals surface area (Å²) in [5, 5.41) is 12.7. The molecule has 4 rings (SSSR count). The molecule has 0 aliphatic carbocycles. The number of nitrogens with zero attached hydrogens (tertiary/aromatic N) is 3. The quantitative estimate of drug-likeness (QED) is 0.400. The van der Waals surface area contributed by atoms with Gasteiger partial charge >= 0.3 is 6.03 Å². The number of halogens is 1. The molecule has 43 heavy (non-hydrogen) atoms. The number of hydrogen-bond acceptors (Lipinski definition) is 7. The maximum Gasteiger partial charge on any atom is 0.321 e. The molecule has 11 heteroatoms. The number of rotatable bonds is 7. The Morgan fingerprint density at radius 1 is 1.16 bits per heavy atom. The van der Waals surface area contributed by atoms with Crippen molar-refractivity contribution in [2.75, 3.05) is 46.3 Å². The first-order valence-corrected chi connectivity index (χ1v) is 13.7. The zero-order chi connectivity index (χ0) is 31.1. The zero-order valence-electron chi connectivity index (χ0n) is 24.8. The molecule has 1 aromatic heterocycles. The van der Waals surface area contributed by atoms with Crippen LogP contribution < -0.4 is 19.5 Å². The first-order chi connectivity index (χ1) is 20.6. The highest BCUT2D eigenvalue weighted by Gasteiger charge is 2.34. The Morgan fingerprint density at radius 3 is 2.53 bits per heavy atom. The van der Waals surface area contributed by atoms with Gasteiger partial charge in [-0.25, -0.2) is 14.2 Å². The van der Waals surface area contributed by atoms with Crippen LogP contribution in [0.5, 0.6) is 17.4 Å². The molecule has 0 saturated heterocycles. The normalized spacial score (nSPS) is 16.8. The molecule has 1 aliphatic heterocycles. The first-order valence-electron chi connectivity index (χ1n) is 13.7. The lowest BCUT2D eigenvalue weighted by Crippen LogP contribution is -2.50. The molecule has 2 N–H and O–H groups in total. The topological polar surface area (TPSA) is 113 Å². The van der Waals surface area contributed by atoms with Gasteiger partial charge in [0.05, 0.1) is 33.4 Å². The molecule has 2 aromatic carbocycles. The van der Waals surface area contributed by atoms with Crippen LogP contribution in [0.1, 0.15) is 35.3 Å². The van der Waals surface area contributed by atoms with E-state index in [1.807, 2.05) is 6.92 Å². The minimum atomic E-state index is -0.541. The third-order valence-corrected chi connectivity index (χ3v) is 7.15. The Kier molecular flexibility index (Phi) is 10.1. The van der Waals surface area contributed by atoms with Crippen LogP contribution in [0.4, 0.5) is 14.9 Å². The number of aliphatic hydroxyl groups is 1. The fourth-order valence-electron chi connectivity index (χ4n) is 4.55. The highest BCUT2D eigenvalue weighted by Crippen LogP contribution is 2.29. The van der Waals surface area contributed by atoms with Gasteiger partial charge in [-0.1, -0.05) is 18.8 Å². The fraction of sp³-hybridized carbons (Fsp3) is 0.344. The van der Waals surface area contributed by atoms with Crippen molar-refractivity contribution in [2.24, 2.45) is 5.92 Å². The lowest BCUT2D eigenvalue weighted by molar-refractivity contribution is 0.0356. The van der Waals surface area contributed by atoms with Crippen molar-refractivity contribution in [2.45, 2.75) is 26.0 Å². The van der Waals surface area contributed by atoms with E-state index < -0.39 is 24.0 Å². The van der Waals surface area contributed by atoms with Crippen molar-refractivity contribution < 1.29 is 33.3 Å². The lowest BCUT2D eigenvalue weighted by atomic mass is 10.00. The van der Waals surface area contributed by atoms with Crippen molar-refractivity contribution in [3.63, 3.8) is 0 Å². The number of anilines is 1. The highest BCUT2D eigenvalue weighted by atomic mass is 19.1. The summed E-state index contributed by atoms with van der Waals surface area (Å²) >= 11 is 0. The zero-order valence-corrected chi connectivity index (χ0v) is 24.8. The molecule has 3 atom stereocenters. The molecule has 0 radical (unpaired) electrons. The molecular weight excluding hydrogens is 555 g/mol. The fourth-order valence-corrected chi connectivity index (χ4v) is 4.55. The van der Waals surface area contributed by atoms with Gasteiger partial charge in [0.1, 0.15) is 17.5 Å². The van der Waals surface area contributed by atoms with E-state index in [9.17, 15) is 19.1 Å². The Morgan fingerprint density at radius 2 is 1.86 bits per heavy atom. The van der Waals surface area contributed by atoms with E-state index >= 15 is 0 Å². The van der Waals surface area contributed by atoms with Crippen LogP contribution in [0.2, 0.25) is 0 Å². The highest BCUT2D eigenvalue weighted by molar-refractivity contribution is 5.97. The standard InChI is InChI=1S/C32H35FN4O6/c1-20-17-37(21(2)19-38)31(39)26-14-23(7-6-22-8-13-27(41-4)28(15-22)42-5)16-34-30(26)43-29(20)18-36(3)32(40)35-25-11-9-24(33)10-12-25/h8-16,20-21,29,38H,17-19H2,1-5H3,(H,35,40)/t20-,21+,29-/m0/s1. The minimum Gasteiger partial charge on any atom is -0.493 e. The molecule has 2 heterocycles. The van der Waals surface area contributed by atoms with Crippen molar-refractivity contribution in [1.82, 2.24) is 14.8 Å². The van der Waals surface area contributed by atoms with Crippen LogP contribution in [0.15, 0.2) is 54.7 Å². The number of hydrogen-bond donors (Lipinski definition) is 2. The number of aromatic nitrogens is 1. The molecule has 3 amide bonds. The number of urea groups is 1. The van der Waals surface area contributed by atoms with E-state index in [4.69, 9.17) is 14.2 Å². The molecule has 0 bridgehead atoms. The number of ether oxygens (including phenoxy) is 3. The summed E-state index contributed by atoms with van der Waals surface area (Å²) < 4.78 is 30.2. The third kappa shape index (κ3) is 7.53. The summed E-state index contributed by atoms with van der Waals surface area (Å²) in [6.07, 6.45) is 0.981. The number of aliphatic hydroxyl groups excluding tert-OH is 1. The lowest BCUT2D eigenvalue weighted by Gasteiger charge is -2.37. The van der Waals surface area contributed by atoms with Crippen LogP contribution in [-0.2, 0) is 0 Å². The second-order valence-corrected chi connectivity index (χ2v) is 10.3. The second kappa shape index (κ2) is 13.9. The smallest absolute Gasteiger partial charge is 0.321 e. The second-order valence-electron chi connectivity index (χ2n) is 10.3. The van der Waals surface area contributed by atoms with Crippen LogP contribution in [-0.4, -0.2) is 84.9 Å². The number of carbonyl (C=O) groups excluding carboxylic acids is 2. The molecule has 1 aliphatic rings. The largest absolute Gasteiger partial charge is 0.493 e. The molecule has 0 unspecified atom stereocenters. The van der Waals surface area contributed by atoms with Gasteiger partial charge < -0.3 is 34.4 Å². The summed E-state index contributed by atoms with van der Waals surface area (Å²) in [5.41, 5.74) is 1.82. The average molecular weight is 591 g/mol. The van der Waals surface area contributed by atoms with Crippen LogP contribution >= 0.6 is 0 Å². The molecule has 3 aromatic rings. The van der Waals surface area contributed by atoms with Gasteiger partial charge in [0, 0.05) is 42.5 Å².